The van der Waals surface area contributed by atoms with Crippen LogP contribution < -0.4 is 4.74 Å². The van der Waals surface area contributed by atoms with E-state index in [1.54, 1.807) is 0 Å². The van der Waals surface area contributed by atoms with Gasteiger partial charge >= 0.3 is 0 Å². The molecule has 2 atom stereocenters. The molecular formula is C15H11ClF2O. The van der Waals surface area contributed by atoms with E-state index >= 15 is 0 Å². The van der Waals surface area contributed by atoms with Gasteiger partial charge in [0.1, 0.15) is 23.5 Å². The molecular weight excluding hydrogens is 270 g/mol. The Kier molecular flexibility index (Phi) is 3.15. The van der Waals surface area contributed by atoms with E-state index in [-0.39, 0.29) is 11.7 Å². The molecule has 1 aliphatic heterocycles. The Morgan fingerprint density at radius 2 is 1.95 bits per heavy atom. The maximum absolute atomic E-state index is 13.7. The van der Waals surface area contributed by atoms with Gasteiger partial charge in [-0.3, -0.25) is 0 Å². The highest BCUT2D eigenvalue weighted by Crippen LogP contribution is 2.37. The predicted octanol–water partition coefficient (Wildman–Crippen LogP) is 4.25. The van der Waals surface area contributed by atoms with Crippen LogP contribution in [0.15, 0.2) is 42.5 Å². The molecule has 0 saturated carbocycles. The van der Waals surface area contributed by atoms with Crippen LogP contribution in [0, 0.1) is 11.6 Å². The molecule has 0 radical (unpaired) electrons. The summed E-state index contributed by atoms with van der Waals surface area (Å²) in [6.07, 6.45) is 0.292. The first-order chi connectivity index (χ1) is 9.15. The lowest BCUT2D eigenvalue weighted by Gasteiger charge is -2.18. The molecule has 1 nitrogen and oxygen atoms in total. The molecule has 0 bridgehead atoms. The van der Waals surface area contributed by atoms with Crippen molar-refractivity contribution in [1.29, 1.82) is 0 Å². The molecule has 0 aromatic heterocycles. The molecule has 1 aliphatic rings. The Balaban J connectivity index is 1.85. The number of fused-ring (bicyclic) bond motifs is 1. The minimum atomic E-state index is -0.645. The number of para-hydroxylation sites is 1. The van der Waals surface area contributed by atoms with Crippen LogP contribution in [0.25, 0.3) is 0 Å². The van der Waals surface area contributed by atoms with Crippen molar-refractivity contribution in [1.82, 2.24) is 0 Å². The smallest absolute Gasteiger partial charge is 0.130 e. The first-order valence-electron chi connectivity index (χ1n) is 5.99. The third-order valence-electron chi connectivity index (χ3n) is 3.26. The van der Waals surface area contributed by atoms with Gasteiger partial charge in [0.15, 0.2) is 0 Å². The summed E-state index contributed by atoms with van der Waals surface area (Å²) in [5, 5.41) is -0.645. The fourth-order valence-electron chi connectivity index (χ4n) is 2.30. The Hall–Kier alpha value is -1.61. The molecule has 0 fully saturated rings. The normalized spacial score (nSPS) is 18.8. The van der Waals surface area contributed by atoms with Crippen LogP contribution in [0.1, 0.15) is 16.5 Å². The molecule has 2 unspecified atom stereocenters. The zero-order valence-corrected chi connectivity index (χ0v) is 10.7. The maximum atomic E-state index is 13.7. The van der Waals surface area contributed by atoms with E-state index in [1.807, 2.05) is 24.3 Å². The number of rotatable bonds is 2. The lowest BCUT2D eigenvalue weighted by Crippen LogP contribution is -2.20. The molecule has 0 aliphatic carbocycles. The van der Waals surface area contributed by atoms with E-state index in [9.17, 15) is 8.78 Å². The minimum Gasteiger partial charge on any atom is -0.488 e. The SMILES string of the molecule is Fc1ccc(C(Cl)C2Cc3ccccc3O2)c(F)c1. The lowest BCUT2D eigenvalue weighted by atomic mass is 10.0. The lowest BCUT2D eigenvalue weighted by molar-refractivity contribution is 0.225. The summed E-state index contributed by atoms with van der Waals surface area (Å²) in [5.74, 6) is -0.471. The average molecular weight is 281 g/mol. The van der Waals surface area contributed by atoms with Crippen LogP contribution >= 0.6 is 11.6 Å². The van der Waals surface area contributed by atoms with E-state index in [4.69, 9.17) is 16.3 Å². The van der Waals surface area contributed by atoms with Crippen molar-refractivity contribution in [3.05, 3.63) is 65.2 Å². The average Bonchev–Trinajstić information content (AvgIpc) is 2.81. The Labute approximate surface area is 114 Å². The van der Waals surface area contributed by atoms with Gasteiger partial charge in [-0.1, -0.05) is 24.3 Å². The fraction of sp³-hybridized carbons (Fsp3) is 0.200. The minimum absolute atomic E-state index is 0.265. The maximum Gasteiger partial charge on any atom is 0.130 e. The second kappa shape index (κ2) is 4.82. The van der Waals surface area contributed by atoms with Crippen molar-refractivity contribution < 1.29 is 13.5 Å². The fourth-order valence-corrected chi connectivity index (χ4v) is 2.62. The van der Waals surface area contributed by atoms with Crippen LogP contribution in [0.5, 0.6) is 5.75 Å². The largest absolute Gasteiger partial charge is 0.488 e. The number of benzene rings is 2. The van der Waals surface area contributed by atoms with E-state index in [0.717, 1.165) is 17.4 Å². The highest BCUT2D eigenvalue weighted by molar-refractivity contribution is 6.21. The Morgan fingerprint density at radius 1 is 1.16 bits per heavy atom. The third kappa shape index (κ3) is 2.30. The van der Waals surface area contributed by atoms with Gasteiger partial charge in [0.25, 0.3) is 0 Å². The van der Waals surface area contributed by atoms with Crippen molar-refractivity contribution in [3.63, 3.8) is 0 Å². The van der Waals surface area contributed by atoms with Crippen molar-refractivity contribution in [2.45, 2.75) is 17.9 Å². The van der Waals surface area contributed by atoms with E-state index < -0.39 is 17.0 Å². The van der Waals surface area contributed by atoms with Crippen LogP contribution in [0.4, 0.5) is 8.78 Å². The molecule has 0 amide bonds. The van der Waals surface area contributed by atoms with Crippen molar-refractivity contribution in [3.8, 4) is 5.75 Å². The first-order valence-corrected chi connectivity index (χ1v) is 6.42. The van der Waals surface area contributed by atoms with Crippen LogP contribution in [-0.4, -0.2) is 6.10 Å². The van der Waals surface area contributed by atoms with Gasteiger partial charge in [0.05, 0.1) is 5.38 Å². The molecule has 98 valence electrons. The zero-order valence-electron chi connectivity index (χ0n) is 9.95. The molecule has 3 rings (SSSR count). The van der Waals surface area contributed by atoms with E-state index in [1.165, 1.54) is 12.1 Å². The van der Waals surface area contributed by atoms with Gasteiger partial charge in [-0.25, -0.2) is 8.78 Å². The summed E-state index contributed by atoms with van der Waals surface area (Å²) in [7, 11) is 0. The second-order valence-electron chi connectivity index (χ2n) is 4.54. The zero-order chi connectivity index (χ0) is 13.4. The highest BCUT2D eigenvalue weighted by Gasteiger charge is 2.31. The number of halogens is 3. The van der Waals surface area contributed by atoms with Crippen LogP contribution in [-0.2, 0) is 6.42 Å². The van der Waals surface area contributed by atoms with Gasteiger partial charge in [-0.15, -0.1) is 11.6 Å². The van der Waals surface area contributed by atoms with Crippen molar-refractivity contribution in [2.75, 3.05) is 0 Å². The van der Waals surface area contributed by atoms with Gasteiger partial charge in [0, 0.05) is 18.1 Å². The first kappa shape index (κ1) is 12.4. The van der Waals surface area contributed by atoms with Gasteiger partial charge in [0.2, 0.25) is 0 Å². The van der Waals surface area contributed by atoms with E-state index in [2.05, 4.69) is 0 Å². The number of ether oxygens (including phenoxy) is 1. The highest BCUT2D eigenvalue weighted by atomic mass is 35.5. The summed E-state index contributed by atoms with van der Waals surface area (Å²) in [5.41, 5.74) is 1.32. The van der Waals surface area contributed by atoms with Gasteiger partial charge in [-0.2, -0.15) is 0 Å². The standard InChI is InChI=1S/C15H11ClF2O/c16-15(11-6-5-10(17)8-12(11)18)14-7-9-3-1-2-4-13(9)19-14/h1-6,8,14-15H,7H2. The molecule has 1 heterocycles. The van der Waals surface area contributed by atoms with Crippen molar-refractivity contribution in [2.24, 2.45) is 0 Å². The molecule has 2 aromatic carbocycles. The summed E-state index contributed by atoms with van der Waals surface area (Å²) in [4.78, 5) is 0. The Morgan fingerprint density at radius 3 is 2.68 bits per heavy atom. The summed E-state index contributed by atoms with van der Waals surface area (Å²) >= 11 is 6.27. The van der Waals surface area contributed by atoms with Gasteiger partial charge in [-0.05, 0) is 17.7 Å². The van der Waals surface area contributed by atoms with Crippen LogP contribution in [0.3, 0.4) is 0 Å². The summed E-state index contributed by atoms with van der Waals surface area (Å²) in [6.45, 7) is 0. The number of hydrogen-bond donors (Lipinski definition) is 0. The Bertz CT molecular complexity index is 590. The quantitative estimate of drug-likeness (QED) is 0.747. The second-order valence-corrected chi connectivity index (χ2v) is 5.01. The molecule has 0 spiro atoms. The van der Waals surface area contributed by atoms with Crippen molar-refractivity contribution >= 4 is 11.6 Å². The summed E-state index contributed by atoms with van der Waals surface area (Å²) < 4.78 is 32.3. The van der Waals surface area contributed by atoms with Gasteiger partial charge < -0.3 is 4.74 Å². The third-order valence-corrected chi connectivity index (χ3v) is 3.77. The predicted molar refractivity (Wildman–Crippen MR) is 69.5 cm³/mol. The molecule has 0 N–H and O–H groups in total. The molecule has 4 heteroatoms. The number of alkyl halides is 1. The van der Waals surface area contributed by atoms with E-state index in [0.29, 0.717) is 6.42 Å². The molecule has 19 heavy (non-hydrogen) atoms. The summed E-state index contributed by atoms with van der Waals surface area (Å²) in [6, 6.07) is 11.0. The van der Waals surface area contributed by atoms with Crippen LogP contribution in [0.2, 0.25) is 0 Å². The monoisotopic (exact) mass is 280 g/mol. The molecule has 0 saturated heterocycles. The number of hydrogen-bond acceptors (Lipinski definition) is 1. The topological polar surface area (TPSA) is 9.23 Å². The molecule has 2 aromatic rings.